The molecule has 0 aliphatic heterocycles. The third-order valence-electron chi connectivity index (χ3n) is 4.77. The van der Waals surface area contributed by atoms with Crippen LogP contribution in [0.25, 0.3) is 16.5 Å². The first-order valence-electron chi connectivity index (χ1n) is 8.81. The number of pyridine rings is 1. The Morgan fingerprint density at radius 2 is 2.23 bits per heavy atom. The highest BCUT2D eigenvalue weighted by atomic mass is 19.3. The molecule has 4 nitrogen and oxygen atoms in total. The van der Waals surface area contributed by atoms with Crippen LogP contribution in [-0.4, -0.2) is 34.6 Å². The number of hydrogen-bond donors (Lipinski definition) is 2. The van der Waals surface area contributed by atoms with Crippen molar-refractivity contribution in [1.29, 1.82) is 0 Å². The van der Waals surface area contributed by atoms with Gasteiger partial charge in [-0.1, -0.05) is 31.2 Å². The Hall–Kier alpha value is -2.34. The zero-order valence-electron chi connectivity index (χ0n) is 14.6. The van der Waals surface area contributed by atoms with Gasteiger partial charge in [-0.2, -0.15) is 0 Å². The van der Waals surface area contributed by atoms with Crippen LogP contribution in [0.5, 0.6) is 0 Å². The van der Waals surface area contributed by atoms with E-state index in [4.69, 9.17) is 0 Å². The van der Waals surface area contributed by atoms with Gasteiger partial charge in [0.1, 0.15) is 0 Å². The largest absolute Gasteiger partial charge is 0.394 e. The smallest absolute Gasteiger partial charge is 0.253 e. The molecular weight excluding hydrogens is 338 g/mol. The predicted octanol–water partition coefficient (Wildman–Crippen LogP) is 3.94. The lowest BCUT2D eigenvalue weighted by Crippen LogP contribution is -2.36. The number of benzene rings is 1. The quantitative estimate of drug-likeness (QED) is 0.849. The second kappa shape index (κ2) is 7.50. The molecule has 1 aromatic heterocycles. The fourth-order valence-corrected chi connectivity index (χ4v) is 3.13. The van der Waals surface area contributed by atoms with E-state index >= 15 is 0 Å². The van der Waals surface area contributed by atoms with Crippen LogP contribution in [0.3, 0.4) is 0 Å². The van der Waals surface area contributed by atoms with Crippen LogP contribution in [0.1, 0.15) is 48.5 Å². The van der Waals surface area contributed by atoms with Crippen LogP contribution >= 0.6 is 0 Å². The van der Waals surface area contributed by atoms with Crippen molar-refractivity contribution in [3.63, 3.8) is 0 Å². The van der Waals surface area contributed by atoms with Crippen molar-refractivity contribution < 1.29 is 18.7 Å². The molecule has 6 heteroatoms. The Morgan fingerprint density at radius 1 is 1.42 bits per heavy atom. The molecule has 0 unspecified atom stereocenters. The lowest BCUT2D eigenvalue weighted by molar-refractivity contribution is -0.00602. The van der Waals surface area contributed by atoms with Crippen LogP contribution in [0, 0.1) is 0 Å². The summed E-state index contributed by atoms with van der Waals surface area (Å²) in [7, 11) is 0. The number of nitrogens with zero attached hydrogens (tertiary/aromatic N) is 1. The molecule has 1 aromatic carbocycles. The van der Waals surface area contributed by atoms with Crippen LogP contribution in [0.4, 0.5) is 8.78 Å². The molecule has 0 radical (unpaired) electrons. The van der Waals surface area contributed by atoms with Gasteiger partial charge in [-0.05, 0) is 24.5 Å². The van der Waals surface area contributed by atoms with E-state index in [2.05, 4.69) is 10.3 Å². The summed E-state index contributed by atoms with van der Waals surface area (Å²) < 4.78 is 26.8. The zero-order valence-corrected chi connectivity index (χ0v) is 14.6. The SMILES string of the molecule is CC[C@H](CO)NC(=O)c1cnc2c(C3=CCC(F)(F)CC3)cccc2c1. The molecule has 0 saturated carbocycles. The molecule has 0 fully saturated rings. The summed E-state index contributed by atoms with van der Waals surface area (Å²) in [4.78, 5) is 16.7. The number of para-hydroxylation sites is 1. The minimum Gasteiger partial charge on any atom is -0.394 e. The standard InChI is InChI=1S/C20H22F2N2O2/c1-2-16(12-25)24-19(26)15-10-14-4-3-5-17(18(14)23-11-15)13-6-8-20(21,22)9-7-13/h3-6,10-11,16,25H,2,7-9,12H2,1H3,(H,24,26)/t16-/m1/s1. The van der Waals surface area contributed by atoms with E-state index in [9.17, 15) is 18.7 Å². The highest BCUT2D eigenvalue weighted by Crippen LogP contribution is 2.37. The number of aromatic nitrogens is 1. The van der Waals surface area contributed by atoms with Gasteiger partial charge in [0.25, 0.3) is 11.8 Å². The summed E-state index contributed by atoms with van der Waals surface area (Å²) in [6, 6.07) is 7.02. The molecule has 138 valence electrons. The number of alkyl halides is 2. The van der Waals surface area contributed by atoms with Gasteiger partial charge in [0.2, 0.25) is 0 Å². The number of amides is 1. The minimum atomic E-state index is -2.63. The maximum absolute atomic E-state index is 13.4. The molecule has 3 rings (SSSR count). The monoisotopic (exact) mass is 360 g/mol. The van der Waals surface area contributed by atoms with Crippen LogP contribution < -0.4 is 5.32 Å². The number of hydrogen-bond acceptors (Lipinski definition) is 3. The van der Waals surface area contributed by atoms with Crippen molar-refractivity contribution in [2.24, 2.45) is 0 Å². The first kappa shape index (κ1) is 18.5. The van der Waals surface area contributed by atoms with Crippen LogP contribution in [0.15, 0.2) is 36.5 Å². The van der Waals surface area contributed by atoms with Gasteiger partial charge in [-0.15, -0.1) is 0 Å². The molecule has 2 aromatic rings. The Kier molecular flexibility index (Phi) is 5.32. The van der Waals surface area contributed by atoms with Crippen molar-refractivity contribution >= 4 is 22.4 Å². The molecule has 1 aliphatic rings. The van der Waals surface area contributed by atoms with Crippen molar-refractivity contribution in [3.8, 4) is 0 Å². The van der Waals surface area contributed by atoms with E-state index in [0.29, 0.717) is 23.9 Å². The Bertz CT molecular complexity index is 845. The third kappa shape index (κ3) is 3.90. The average molecular weight is 360 g/mol. The summed E-state index contributed by atoms with van der Waals surface area (Å²) in [6.45, 7) is 1.76. The molecule has 26 heavy (non-hydrogen) atoms. The van der Waals surface area contributed by atoms with E-state index in [-0.39, 0.29) is 31.4 Å². The summed E-state index contributed by atoms with van der Waals surface area (Å²) in [6.07, 6.45) is 3.61. The van der Waals surface area contributed by atoms with Crippen LogP contribution in [0.2, 0.25) is 0 Å². The van der Waals surface area contributed by atoms with Crippen LogP contribution in [-0.2, 0) is 0 Å². The number of rotatable bonds is 5. The predicted molar refractivity (Wildman–Crippen MR) is 97.1 cm³/mol. The number of halogens is 2. The summed E-state index contributed by atoms with van der Waals surface area (Å²) in [5.41, 5.74) is 2.82. The maximum atomic E-state index is 13.4. The molecule has 2 N–H and O–H groups in total. The average Bonchev–Trinajstić information content (AvgIpc) is 2.65. The number of aliphatic hydroxyl groups is 1. The van der Waals surface area contributed by atoms with Crippen molar-refractivity contribution in [3.05, 3.63) is 47.7 Å². The van der Waals surface area contributed by atoms with Gasteiger partial charge in [0, 0.05) is 30.0 Å². The number of carbonyl (C=O) groups excluding carboxylic acids is 1. The molecule has 1 atom stereocenters. The van der Waals surface area contributed by atoms with Gasteiger partial charge in [0.05, 0.1) is 23.7 Å². The molecule has 0 spiro atoms. The minimum absolute atomic E-state index is 0.119. The molecular formula is C20H22F2N2O2. The number of fused-ring (bicyclic) bond motifs is 1. The molecule has 1 amide bonds. The fraction of sp³-hybridized carbons (Fsp3) is 0.400. The molecule has 1 aliphatic carbocycles. The Labute approximate surface area is 150 Å². The Balaban J connectivity index is 1.91. The molecule has 0 bridgehead atoms. The van der Waals surface area contributed by atoms with E-state index in [1.807, 2.05) is 25.1 Å². The fourth-order valence-electron chi connectivity index (χ4n) is 3.13. The van der Waals surface area contributed by atoms with E-state index in [1.54, 1.807) is 12.1 Å². The number of nitrogens with one attached hydrogen (secondary N) is 1. The van der Waals surface area contributed by atoms with Crippen molar-refractivity contribution in [2.45, 2.75) is 44.6 Å². The number of carbonyl (C=O) groups is 1. The second-order valence-electron chi connectivity index (χ2n) is 6.65. The van der Waals surface area contributed by atoms with E-state index in [1.165, 1.54) is 6.20 Å². The van der Waals surface area contributed by atoms with Crippen molar-refractivity contribution in [1.82, 2.24) is 10.3 Å². The maximum Gasteiger partial charge on any atom is 0.253 e. The van der Waals surface area contributed by atoms with Gasteiger partial charge in [-0.3, -0.25) is 9.78 Å². The second-order valence-corrected chi connectivity index (χ2v) is 6.65. The van der Waals surface area contributed by atoms with Gasteiger partial charge >= 0.3 is 0 Å². The highest BCUT2D eigenvalue weighted by molar-refractivity contribution is 5.99. The highest BCUT2D eigenvalue weighted by Gasteiger charge is 2.31. The van der Waals surface area contributed by atoms with Crippen molar-refractivity contribution in [2.75, 3.05) is 6.61 Å². The normalized spacial score (nSPS) is 17.6. The lowest BCUT2D eigenvalue weighted by atomic mass is 9.90. The summed E-state index contributed by atoms with van der Waals surface area (Å²) in [5.74, 6) is -2.92. The third-order valence-corrected chi connectivity index (χ3v) is 4.77. The number of allylic oxidation sites excluding steroid dienone is 2. The first-order valence-corrected chi connectivity index (χ1v) is 8.81. The van der Waals surface area contributed by atoms with Gasteiger partial charge in [0.15, 0.2) is 0 Å². The Morgan fingerprint density at radius 3 is 2.88 bits per heavy atom. The van der Waals surface area contributed by atoms with E-state index < -0.39 is 5.92 Å². The zero-order chi connectivity index (χ0) is 18.7. The molecule has 0 saturated heterocycles. The van der Waals surface area contributed by atoms with Gasteiger partial charge in [-0.25, -0.2) is 8.78 Å². The summed E-state index contributed by atoms with van der Waals surface area (Å²) in [5, 5.41) is 12.8. The topological polar surface area (TPSA) is 62.2 Å². The summed E-state index contributed by atoms with van der Waals surface area (Å²) >= 11 is 0. The first-order chi connectivity index (χ1) is 12.4. The lowest BCUT2D eigenvalue weighted by Gasteiger charge is -2.22. The van der Waals surface area contributed by atoms with Gasteiger partial charge < -0.3 is 10.4 Å². The van der Waals surface area contributed by atoms with E-state index in [0.717, 1.165) is 16.5 Å². The molecule has 1 heterocycles. The number of aliphatic hydroxyl groups excluding tert-OH is 1.